The van der Waals surface area contributed by atoms with Gasteiger partial charge in [0.2, 0.25) is 0 Å². The number of nitrogens with one attached hydrogen (secondary N) is 2. The normalized spacial score (nSPS) is 10.9. The summed E-state index contributed by atoms with van der Waals surface area (Å²) in [5.41, 5.74) is 0.546. The van der Waals surface area contributed by atoms with Gasteiger partial charge in [0, 0.05) is 5.69 Å². The van der Waals surface area contributed by atoms with E-state index in [-0.39, 0.29) is 11.3 Å². The van der Waals surface area contributed by atoms with Gasteiger partial charge in [0.25, 0.3) is 0 Å². The summed E-state index contributed by atoms with van der Waals surface area (Å²) < 4.78 is 35.6. The first kappa shape index (κ1) is 14.8. The molecule has 0 aliphatic carbocycles. The molecule has 0 atom stereocenters. The van der Waals surface area contributed by atoms with Gasteiger partial charge in [-0.2, -0.15) is 13.2 Å². The molecule has 1 rings (SSSR count). The minimum absolute atomic E-state index is 0.0337. The lowest BCUT2D eigenvalue weighted by Crippen LogP contribution is -2.36. The number of carboxylic acids is 1. The molecule has 0 spiro atoms. The van der Waals surface area contributed by atoms with E-state index in [0.717, 1.165) is 0 Å². The molecule has 0 bridgehead atoms. The zero-order chi connectivity index (χ0) is 14.6. The molecular formula is C11H11F3N2O3. The topological polar surface area (TPSA) is 78.4 Å². The molecule has 0 unspecified atom stereocenters. The highest BCUT2D eigenvalue weighted by Crippen LogP contribution is 2.16. The number of hydrogen-bond acceptors (Lipinski definition) is 2. The van der Waals surface area contributed by atoms with E-state index in [1.165, 1.54) is 18.2 Å². The maximum Gasteiger partial charge on any atom is 0.405 e. The van der Waals surface area contributed by atoms with Crippen LogP contribution in [0, 0.1) is 6.92 Å². The molecule has 5 nitrogen and oxygen atoms in total. The van der Waals surface area contributed by atoms with Crippen molar-refractivity contribution in [2.24, 2.45) is 0 Å². The first-order valence-electron chi connectivity index (χ1n) is 5.14. The molecule has 0 fully saturated rings. The van der Waals surface area contributed by atoms with E-state index in [1.54, 1.807) is 12.2 Å². The van der Waals surface area contributed by atoms with Crippen LogP contribution in [-0.4, -0.2) is 29.8 Å². The summed E-state index contributed by atoms with van der Waals surface area (Å²) in [6, 6.07) is 2.96. The van der Waals surface area contributed by atoms with E-state index >= 15 is 0 Å². The molecule has 104 valence electrons. The van der Waals surface area contributed by atoms with E-state index < -0.39 is 24.7 Å². The van der Waals surface area contributed by atoms with Crippen LogP contribution in [0.2, 0.25) is 0 Å². The van der Waals surface area contributed by atoms with Gasteiger partial charge in [-0.1, -0.05) is 6.07 Å². The summed E-state index contributed by atoms with van der Waals surface area (Å²) in [6.45, 7) is 0.105. The number of halogens is 3. The average molecular weight is 276 g/mol. The predicted octanol–water partition coefficient (Wildman–Crippen LogP) is 2.38. The van der Waals surface area contributed by atoms with E-state index in [1.807, 2.05) is 0 Å². The molecule has 0 saturated carbocycles. The number of carbonyl (C=O) groups excluding carboxylic acids is 1. The highest BCUT2D eigenvalue weighted by atomic mass is 19.4. The summed E-state index contributed by atoms with van der Waals surface area (Å²) in [5.74, 6) is -1.18. The third kappa shape index (κ3) is 4.86. The number of alkyl halides is 3. The fourth-order valence-electron chi connectivity index (χ4n) is 1.29. The first-order chi connectivity index (χ1) is 8.69. The maximum absolute atomic E-state index is 11.9. The van der Waals surface area contributed by atoms with E-state index in [4.69, 9.17) is 5.11 Å². The van der Waals surface area contributed by atoms with Gasteiger partial charge in [-0.05, 0) is 24.6 Å². The van der Waals surface area contributed by atoms with Crippen LogP contribution in [0.15, 0.2) is 18.2 Å². The van der Waals surface area contributed by atoms with Crippen molar-refractivity contribution in [2.75, 3.05) is 11.9 Å². The first-order valence-corrected chi connectivity index (χ1v) is 5.14. The fraction of sp³-hybridized carbons (Fsp3) is 0.273. The molecule has 1 aromatic rings. The lowest BCUT2D eigenvalue weighted by Gasteiger charge is -2.10. The Balaban J connectivity index is 2.70. The number of urea groups is 1. The molecule has 0 aromatic heterocycles. The monoisotopic (exact) mass is 276 g/mol. The third-order valence-corrected chi connectivity index (χ3v) is 2.18. The van der Waals surface area contributed by atoms with Crippen molar-refractivity contribution in [1.29, 1.82) is 0 Å². The lowest BCUT2D eigenvalue weighted by molar-refractivity contribution is -0.122. The van der Waals surface area contributed by atoms with Crippen molar-refractivity contribution < 1.29 is 27.9 Å². The van der Waals surface area contributed by atoms with Gasteiger partial charge in [-0.15, -0.1) is 0 Å². The number of aryl methyl sites for hydroxylation is 1. The molecule has 0 heterocycles. The Morgan fingerprint density at radius 1 is 1.32 bits per heavy atom. The zero-order valence-corrected chi connectivity index (χ0v) is 9.84. The van der Waals surface area contributed by atoms with E-state index in [2.05, 4.69) is 5.32 Å². The highest BCUT2D eigenvalue weighted by Gasteiger charge is 2.27. The quantitative estimate of drug-likeness (QED) is 0.793. The molecule has 19 heavy (non-hydrogen) atoms. The maximum atomic E-state index is 11.9. The number of aromatic carboxylic acids is 1. The Morgan fingerprint density at radius 2 is 1.95 bits per heavy atom. The summed E-state index contributed by atoms with van der Waals surface area (Å²) >= 11 is 0. The highest BCUT2D eigenvalue weighted by molar-refractivity contribution is 5.94. The molecule has 0 aliphatic heterocycles. The number of benzene rings is 1. The summed E-state index contributed by atoms with van der Waals surface area (Å²) in [5, 5.41) is 12.6. The second-order valence-electron chi connectivity index (χ2n) is 3.76. The van der Waals surface area contributed by atoms with Crippen LogP contribution in [-0.2, 0) is 0 Å². The Bertz CT molecular complexity index is 500. The average Bonchev–Trinajstić information content (AvgIpc) is 2.28. The number of carboxylic acid groups (broad SMARTS) is 1. The molecule has 2 amide bonds. The fourth-order valence-corrected chi connectivity index (χ4v) is 1.29. The molecule has 0 aliphatic rings. The minimum Gasteiger partial charge on any atom is -0.478 e. The predicted molar refractivity (Wildman–Crippen MR) is 61.2 cm³/mol. The van der Waals surface area contributed by atoms with Gasteiger partial charge in [0.05, 0.1) is 5.56 Å². The lowest BCUT2D eigenvalue weighted by atomic mass is 10.1. The van der Waals surface area contributed by atoms with E-state index in [9.17, 15) is 22.8 Å². The SMILES string of the molecule is Cc1ccc(NC(=O)NCC(F)(F)F)cc1C(=O)O. The second kappa shape index (κ2) is 5.59. The number of anilines is 1. The van der Waals surface area contributed by atoms with Crippen LogP contribution in [0.5, 0.6) is 0 Å². The smallest absolute Gasteiger partial charge is 0.405 e. The Morgan fingerprint density at radius 3 is 2.47 bits per heavy atom. The molecule has 3 N–H and O–H groups in total. The van der Waals surface area contributed by atoms with Gasteiger partial charge < -0.3 is 15.7 Å². The Kier molecular flexibility index (Phi) is 4.36. The Labute approximate surface area is 106 Å². The number of hydrogen-bond donors (Lipinski definition) is 3. The van der Waals surface area contributed by atoms with Crippen LogP contribution in [0.1, 0.15) is 15.9 Å². The number of carbonyl (C=O) groups is 2. The van der Waals surface area contributed by atoms with Crippen LogP contribution >= 0.6 is 0 Å². The molecule has 1 aromatic carbocycles. The minimum atomic E-state index is -4.50. The van der Waals surface area contributed by atoms with Gasteiger partial charge >= 0.3 is 18.2 Å². The van der Waals surface area contributed by atoms with Crippen molar-refractivity contribution >= 4 is 17.7 Å². The number of rotatable bonds is 3. The third-order valence-electron chi connectivity index (χ3n) is 2.18. The summed E-state index contributed by atoms with van der Waals surface area (Å²) in [4.78, 5) is 22.0. The van der Waals surface area contributed by atoms with Crippen molar-refractivity contribution in [3.05, 3.63) is 29.3 Å². The largest absolute Gasteiger partial charge is 0.478 e. The Hall–Kier alpha value is -2.25. The molecule has 0 radical (unpaired) electrons. The number of amides is 2. The standard InChI is InChI=1S/C11H11F3N2O3/c1-6-2-3-7(4-8(6)9(17)18)16-10(19)15-5-11(12,13)14/h2-4H,5H2,1H3,(H,17,18)(H2,15,16,19). The van der Waals surface area contributed by atoms with Crippen LogP contribution in [0.3, 0.4) is 0 Å². The van der Waals surface area contributed by atoms with Crippen molar-refractivity contribution in [3.63, 3.8) is 0 Å². The molecule has 0 saturated heterocycles. The second-order valence-corrected chi connectivity index (χ2v) is 3.76. The van der Waals surface area contributed by atoms with E-state index in [0.29, 0.717) is 5.56 Å². The van der Waals surface area contributed by atoms with Gasteiger partial charge in [0.15, 0.2) is 0 Å². The summed E-state index contributed by atoms with van der Waals surface area (Å²) in [7, 11) is 0. The van der Waals surface area contributed by atoms with Gasteiger partial charge in [-0.3, -0.25) is 0 Å². The van der Waals surface area contributed by atoms with Crippen LogP contribution < -0.4 is 10.6 Å². The van der Waals surface area contributed by atoms with Crippen molar-refractivity contribution in [1.82, 2.24) is 5.32 Å². The zero-order valence-electron chi connectivity index (χ0n) is 9.84. The van der Waals surface area contributed by atoms with Gasteiger partial charge in [-0.25, -0.2) is 9.59 Å². The van der Waals surface area contributed by atoms with Crippen molar-refractivity contribution in [2.45, 2.75) is 13.1 Å². The van der Waals surface area contributed by atoms with Crippen LogP contribution in [0.25, 0.3) is 0 Å². The van der Waals surface area contributed by atoms with Gasteiger partial charge in [0.1, 0.15) is 6.54 Å². The van der Waals surface area contributed by atoms with Crippen LogP contribution in [0.4, 0.5) is 23.7 Å². The van der Waals surface area contributed by atoms with Crippen molar-refractivity contribution in [3.8, 4) is 0 Å². The summed E-state index contributed by atoms with van der Waals surface area (Å²) in [6.07, 6.45) is -4.50. The molecular weight excluding hydrogens is 265 g/mol. The molecule has 8 heteroatoms.